The molecule has 2 aromatic rings. The van der Waals surface area contributed by atoms with Gasteiger partial charge in [0, 0.05) is 36.1 Å². The van der Waals surface area contributed by atoms with E-state index in [1.807, 2.05) is 0 Å². The van der Waals surface area contributed by atoms with Gasteiger partial charge in [-0.3, -0.25) is 24.9 Å². The van der Waals surface area contributed by atoms with Crippen LogP contribution in [0.1, 0.15) is 10.5 Å². The van der Waals surface area contributed by atoms with Crippen LogP contribution in [-0.2, 0) is 7.05 Å². The van der Waals surface area contributed by atoms with Crippen LogP contribution in [0.15, 0.2) is 24.4 Å². The molecule has 1 amide bonds. The topological polar surface area (TPSA) is 125 Å². The van der Waals surface area contributed by atoms with E-state index >= 15 is 0 Å². The predicted molar refractivity (Wildman–Crippen MR) is 84.4 cm³/mol. The SMILES string of the molecule is Cn1ccc(C(=O)NC(=S)Nc2cc([N+](=O)[O-])cc(Cl)c2[O-])n1. The number of hydrogen-bond donors (Lipinski definition) is 2. The van der Waals surface area contributed by atoms with Crippen LogP contribution in [-0.4, -0.2) is 25.7 Å². The zero-order valence-electron chi connectivity index (χ0n) is 11.6. The van der Waals surface area contributed by atoms with Crippen LogP contribution in [0, 0.1) is 10.1 Å². The van der Waals surface area contributed by atoms with Crippen molar-refractivity contribution in [3.63, 3.8) is 0 Å². The van der Waals surface area contributed by atoms with Gasteiger partial charge >= 0.3 is 0 Å². The highest BCUT2D eigenvalue weighted by molar-refractivity contribution is 7.80. The lowest BCUT2D eigenvalue weighted by Gasteiger charge is -2.17. The van der Waals surface area contributed by atoms with Crippen molar-refractivity contribution in [3.8, 4) is 5.75 Å². The Morgan fingerprint density at radius 2 is 2.17 bits per heavy atom. The number of amides is 1. The highest BCUT2D eigenvalue weighted by Crippen LogP contribution is 2.33. The van der Waals surface area contributed by atoms with Crippen LogP contribution in [0.2, 0.25) is 5.02 Å². The van der Waals surface area contributed by atoms with Gasteiger partial charge in [0.1, 0.15) is 0 Å². The van der Waals surface area contributed by atoms with Crippen LogP contribution in [0.3, 0.4) is 0 Å². The Bertz CT molecular complexity index is 807. The fourth-order valence-electron chi connectivity index (χ4n) is 1.63. The molecular formula is C12H9ClN5O4S-. The van der Waals surface area contributed by atoms with Crippen molar-refractivity contribution < 1.29 is 14.8 Å². The van der Waals surface area contributed by atoms with Crippen molar-refractivity contribution in [1.82, 2.24) is 15.1 Å². The number of carbonyl (C=O) groups excluding carboxylic acids is 1. The molecule has 2 N–H and O–H groups in total. The number of nitrogens with one attached hydrogen (secondary N) is 2. The van der Waals surface area contributed by atoms with Crippen molar-refractivity contribution in [3.05, 3.63) is 45.2 Å². The molecule has 0 bridgehead atoms. The Hall–Kier alpha value is -2.72. The maximum atomic E-state index is 11.9. The number of anilines is 1. The highest BCUT2D eigenvalue weighted by atomic mass is 35.5. The number of nitrogens with zero attached hydrogens (tertiary/aromatic N) is 3. The number of thiocarbonyl (C=S) groups is 1. The molecule has 0 saturated carbocycles. The maximum Gasteiger partial charge on any atom is 0.277 e. The van der Waals surface area contributed by atoms with Gasteiger partial charge in [-0.2, -0.15) is 5.10 Å². The summed E-state index contributed by atoms with van der Waals surface area (Å²) in [4.78, 5) is 21.9. The van der Waals surface area contributed by atoms with Crippen molar-refractivity contribution >= 4 is 46.2 Å². The summed E-state index contributed by atoms with van der Waals surface area (Å²) in [5, 5.41) is 30.7. The van der Waals surface area contributed by atoms with E-state index in [0.717, 1.165) is 12.1 Å². The summed E-state index contributed by atoms with van der Waals surface area (Å²) >= 11 is 10.6. The molecule has 11 heteroatoms. The summed E-state index contributed by atoms with van der Waals surface area (Å²) in [7, 11) is 1.64. The van der Waals surface area contributed by atoms with Gasteiger partial charge in [-0.05, 0) is 18.3 Å². The summed E-state index contributed by atoms with van der Waals surface area (Å²) in [6, 6.07) is 3.39. The van der Waals surface area contributed by atoms with Gasteiger partial charge in [-0.1, -0.05) is 17.4 Å². The van der Waals surface area contributed by atoms with E-state index in [1.54, 1.807) is 13.2 Å². The van der Waals surface area contributed by atoms with Crippen molar-refractivity contribution in [2.75, 3.05) is 5.32 Å². The first-order valence-electron chi connectivity index (χ1n) is 6.05. The molecule has 1 aromatic heterocycles. The number of nitro groups is 1. The average molecular weight is 355 g/mol. The number of aryl methyl sites for hydroxylation is 1. The molecule has 0 atom stereocenters. The van der Waals surface area contributed by atoms with Gasteiger partial charge in [0.25, 0.3) is 11.6 Å². The molecule has 2 rings (SSSR count). The molecule has 0 saturated heterocycles. The Morgan fingerprint density at radius 1 is 1.48 bits per heavy atom. The number of aromatic nitrogens is 2. The number of non-ortho nitro benzene ring substituents is 1. The lowest BCUT2D eigenvalue weighted by Crippen LogP contribution is -2.34. The standard InChI is InChI=1S/C12H10ClN5O4S/c1-17-3-2-8(16-17)11(20)15-12(23)14-9-5-6(18(21)22)4-7(13)10(9)19/h2-5,19H,1H3,(H2,14,15,20,23)/p-1. The van der Waals surface area contributed by atoms with Gasteiger partial charge < -0.3 is 10.4 Å². The van der Waals surface area contributed by atoms with E-state index in [-0.39, 0.29) is 27.2 Å². The normalized spacial score (nSPS) is 10.2. The summed E-state index contributed by atoms with van der Waals surface area (Å²) in [5.41, 5.74) is -0.470. The molecule has 0 aliphatic rings. The Kier molecular flexibility index (Phi) is 4.77. The minimum atomic E-state index is -0.702. The van der Waals surface area contributed by atoms with Crippen molar-refractivity contribution in [1.29, 1.82) is 0 Å². The fourth-order valence-corrected chi connectivity index (χ4v) is 2.05. The number of halogens is 1. The number of nitro benzene ring substituents is 1. The second-order valence-electron chi connectivity index (χ2n) is 4.34. The first-order chi connectivity index (χ1) is 10.8. The Morgan fingerprint density at radius 3 is 2.74 bits per heavy atom. The number of hydrogen-bond acceptors (Lipinski definition) is 6. The van der Waals surface area contributed by atoms with Crippen molar-refractivity contribution in [2.24, 2.45) is 7.05 Å². The van der Waals surface area contributed by atoms with Crippen molar-refractivity contribution in [2.45, 2.75) is 0 Å². The maximum absolute atomic E-state index is 11.9. The largest absolute Gasteiger partial charge is 0.870 e. The molecule has 1 heterocycles. The Balaban J connectivity index is 2.14. The van der Waals surface area contributed by atoms with E-state index in [0.29, 0.717) is 0 Å². The lowest BCUT2D eigenvalue weighted by atomic mass is 10.2. The summed E-state index contributed by atoms with van der Waals surface area (Å²) < 4.78 is 1.43. The molecule has 9 nitrogen and oxygen atoms in total. The van der Waals surface area contributed by atoms with Crippen LogP contribution in [0.25, 0.3) is 0 Å². The number of carbonyl (C=O) groups is 1. The summed E-state index contributed by atoms with van der Waals surface area (Å²) in [5.74, 6) is -1.27. The molecule has 120 valence electrons. The van der Waals surface area contributed by atoms with E-state index in [4.69, 9.17) is 23.8 Å². The van der Waals surface area contributed by atoms with Gasteiger partial charge in [0.15, 0.2) is 10.8 Å². The second kappa shape index (κ2) is 6.58. The fraction of sp³-hybridized carbons (Fsp3) is 0.0833. The van der Waals surface area contributed by atoms with E-state index in [2.05, 4.69) is 15.7 Å². The highest BCUT2D eigenvalue weighted by Gasteiger charge is 2.14. The third-order valence-electron chi connectivity index (χ3n) is 2.66. The zero-order valence-corrected chi connectivity index (χ0v) is 13.1. The molecule has 0 unspecified atom stereocenters. The minimum absolute atomic E-state index is 0.121. The van der Waals surface area contributed by atoms with E-state index in [9.17, 15) is 20.0 Å². The first kappa shape index (κ1) is 16.6. The zero-order chi connectivity index (χ0) is 17.1. The first-order valence-corrected chi connectivity index (χ1v) is 6.83. The van der Waals surface area contributed by atoms with Gasteiger partial charge in [-0.15, -0.1) is 0 Å². The minimum Gasteiger partial charge on any atom is -0.870 e. The molecule has 0 radical (unpaired) electrons. The molecular weight excluding hydrogens is 346 g/mol. The molecule has 0 spiro atoms. The monoisotopic (exact) mass is 354 g/mol. The third kappa shape index (κ3) is 3.93. The summed E-state index contributed by atoms with van der Waals surface area (Å²) in [6.45, 7) is 0. The van der Waals surface area contributed by atoms with Crippen LogP contribution < -0.4 is 15.7 Å². The van der Waals surface area contributed by atoms with Gasteiger partial charge in [-0.25, -0.2) is 0 Å². The molecule has 0 aliphatic carbocycles. The lowest BCUT2D eigenvalue weighted by molar-refractivity contribution is -0.385. The summed E-state index contributed by atoms with van der Waals surface area (Å²) in [6.07, 6.45) is 1.57. The van der Waals surface area contributed by atoms with Crippen LogP contribution >= 0.6 is 23.8 Å². The smallest absolute Gasteiger partial charge is 0.277 e. The van der Waals surface area contributed by atoms with Crippen LogP contribution in [0.5, 0.6) is 5.75 Å². The Labute approximate surface area is 140 Å². The van der Waals surface area contributed by atoms with Gasteiger partial charge in [0.05, 0.1) is 4.92 Å². The molecule has 23 heavy (non-hydrogen) atoms. The predicted octanol–water partition coefficient (Wildman–Crippen LogP) is 1.18. The van der Waals surface area contributed by atoms with Gasteiger partial charge in [0.2, 0.25) is 0 Å². The van der Waals surface area contributed by atoms with Crippen LogP contribution in [0.4, 0.5) is 11.4 Å². The van der Waals surface area contributed by atoms with E-state index in [1.165, 1.54) is 10.7 Å². The average Bonchev–Trinajstić information content (AvgIpc) is 2.90. The number of benzene rings is 1. The molecule has 0 aliphatic heterocycles. The second-order valence-corrected chi connectivity index (χ2v) is 5.16. The van der Waals surface area contributed by atoms with E-state index < -0.39 is 16.6 Å². The number of rotatable bonds is 3. The molecule has 1 aromatic carbocycles. The quantitative estimate of drug-likeness (QED) is 0.481. The molecule has 0 fully saturated rings. The third-order valence-corrected chi connectivity index (χ3v) is 3.15.